The molecule has 0 spiro atoms. The molecule has 0 saturated heterocycles. The van der Waals surface area contributed by atoms with E-state index in [2.05, 4.69) is 24.4 Å². The Morgan fingerprint density at radius 1 is 1.14 bits per heavy atom. The SMILES string of the molecule is CCC(CNC(=O)CN(c1cccc(OC)c1)S(C)(=O)=O)Cc1ccccc1. The molecule has 1 atom stereocenters. The highest BCUT2D eigenvalue weighted by molar-refractivity contribution is 7.92. The number of ether oxygens (including phenoxy) is 1. The maximum atomic E-state index is 12.5. The lowest BCUT2D eigenvalue weighted by Gasteiger charge is -2.23. The third kappa shape index (κ3) is 6.56. The van der Waals surface area contributed by atoms with Crippen molar-refractivity contribution < 1.29 is 17.9 Å². The molecule has 2 aromatic carbocycles. The smallest absolute Gasteiger partial charge is 0.240 e. The molecule has 2 aromatic rings. The van der Waals surface area contributed by atoms with Crippen molar-refractivity contribution in [3.05, 3.63) is 60.2 Å². The summed E-state index contributed by atoms with van der Waals surface area (Å²) in [5, 5.41) is 2.88. The van der Waals surface area contributed by atoms with Crippen molar-refractivity contribution >= 4 is 21.6 Å². The number of benzene rings is 2. The molecule has 0 aromatic heterocycles. The third-order valence-corrected chi connectivity index (χ3v) is 5.70. The van der Waals surface area contributed by atoms with Gasteiger partial charge in [-0.05, 0) is 30.0 Å². The van der Waals surface area contributed by atoms with Gasteiger partial charge in [0.1, 0.15) is 12.3 Å². The van der Waals surface area contributed by atoms with Gasteiger partial charge in [-0.1, -0.05) is 49.7 Å². The average Bonchev–Trinajstić information content (AvgIpc) is 2.69. The summed E-state index contributed by atoms with van der Waals surface area (Å²) in [4.78, 5) is 12.5. The maximum absolute atomic E-state index is 12.5. The highest BCUT2D eigenvalue weighted by atomic mass is 32.2. The first-order valence-electron chi connectivity index (χ1n) is 9.26. The molecular weight excluding hydrogens is 376 g/mol. The van der Waals surface area contributed by atoms with Gasteiger partial charge in [0, 0.05) is 12.6 Å². The summed E-state index contributed by atoms with van der Waals surface area (Å²) in [5.41, 5.74) is 1.62. The lowest BCUT2D eigenvalue weighted by molar-refractivity contribution is -0.119. The molecule has 1 N–H and O–H groups in total. The van der Waals surface area contributed by atoms with Crippen LogP contribution in [0.25, 0.3) is 0 Å². The number of hydrogen-bond acceptors (Lipinski definition) is 4. The molecule has 0 bridgehead atoms. The van der Waals surface area contributed by atoms with Crippen LogP contribution < -0.4 is 14.4 Å². The highest BCUT2D eigenvalue weighted by Crippen LogP contribution is 2.22. The van der Waals surface area contributed by atoms with E-state index in [-0.39, 0.29) is 18.4 Å². The summed E-state index contributed by atoms with van der Waals surface area (Å²) in [5.74, 6) is 0.482. The van der Waals surface area contributed by atoms with Gasteiger partial charge in [-0.2, -0.15) is 0 Å². The van der Waals surface area contributed by atoms with E-state index >= 15 is 0 Å². The van der Waals surface area contributed by atoms with Crippen molar-refractivity contribution in [3.63, 3.8) is 0 Å². The molecule has 28 heavy (non-hydrogen) atoms. The number of hydrogen-bond donors (Lipinski definition) is 1. The average molecular weight is 405 g/mol. The van der Waals surface area contributed by atoms with Crippen LogP contribution in [0.1, 0.15) is 18.9 Å². The fourth-order valence-electron chi connectivity index (χ4n) is 2.92. The lowest BCUT2D eigenvalue weighted by atomic mass is 9.97. The van der Waals surface area contributed by atoms with Crippen LogP contribution in [0.3, 0.4) is 0 Å². The monoisotopic (exact) mass is 404 g/mol. The molecule has 152 valence electrons. The third-order valence-electron chi connectivity index (χ3n) is 4.56. The Kier molecular flexibility index (Phi) is 7.87. The van der Waals surface area contributed by atoms with Gasteiger partial charge in [-0.25, -0.2) is 8.42 Å². The molecule has 6 nitrogen and oxygen atoms in total. The van der Waals surface area contributed by atoms with Gasteiger partial charge in [0.25, 0.3) is 0 Å². The first-order chi connectivity index (χ1) is 13.3. The van der Waals surface area contributed by atoms with Crippen LogP contribution in [0.4, 0.5) is 5.69 Å². The second-order valence-corrected chi connectivity index (χ2v) is 8.65. The Bertz CT molecular complexity index is 869. The Hall–Kier alpha value is -2.54. The van der Waals surface area contributed by atoms with E-state index in [9.17, 15) is 13.2 Å². The van der Waals surface area contributed by atoms with Crippen LogP contribution in [0, 0.1) is 5.92 Å². The molecule has 0 heterocycles. The second-order valence-electron chi connectivity index (χ2n) is 6.74. The fourth-order valence-corrected chi connectivity index (χ4v) is 3.77. The zero-order chi connectivity index (χ0) is 20.6. The number of rotatable bonds is 10. The van der Waals surface area contributed by atoms with Crippen LogP contribution in [0.2, 0.25) is 0 Å². The van der Waals surface area contributed by atoms with Crippen molar-refractivity contribution in [3.8, 4) is 5.75 Å². The molecule has 0 aliphatic carbocycles. The van der Waals surface area contributed by atoms with Crippen LogP contribution in [0.15, 0.2) is 54.6 Å². The highest BCUT2D eigenvalue weighted by Gasteiger charge is 2.21. The first kappa shape index (κ1) is 21.8. The number of amides is 1. The van der Waals surface area contributed by atoms with E-state index in [1.54, 1.807) is 24.3 Å². The Morgan fingerprint density at radius 2 is 1.86 bits per heavy atom. The minimum atomic E-state index is -3.61. The summed E-state index contributed by atoms with van der Waals surface area (Å²) in [6, 6.07) is 16.8. The Morgan fingerprint density at radius 3 is 2.46 bits per heavy atom. The van der Waals surface area contributed by atoms with Crippen LogP contribution in [-0.4, -0.2) is 40.8 Å². The molecule has 0 aliphatic rings. The quantitative estimate of drug-likeness (QED) is 0.661. The number of methoxy groups -OCH3 is 1. The standard InChI is InChI=1S/C21H28N2O4S/c1-4-17(13-18-9-6-5-7-10-18)15-22-21(24)16-23(28(3,25)26)19-11-8-12-20(14-19)27-2/h5-12,14,17H,4,13,15-16H2,1-3H3,(H,22,24). The van der Waals surface area contributed by atoms with Crippen LogP contribution in [-0.2, 0) is 21.2 Å². The van der Waals surface area contributed by atoms with E-state index in [4.69, 9.17) is 4.74 Å². The fraction of sp³-hybridized carbons (Fsp3) is 0.381. The van der Waals surface area contributed by atoms with Crippen molar-refractivity contribution in [1.29, 1.82) is 0 Å². The van der Waals surface area contributed by atoms with E-state index < -0.39 is 10.0 Å². The molecule has 0 aliphatic heterocycles. The van der Waals surface area contributed by atoms with Gasteiger partial charge in [0.15, 0.2) is 0 Å². The molecule has 1 unspecified atom stereocenters. The van der Waals surface area contributed by atoms with E-state index in [1.165, 1.54) is 12.7 Å². The van der Waals surface area contributed by atoms with Crippen LogP contribution >= 0.6 is 0 Å². The van der Waals surface area contributed by atoms with Crippen molar-refractivity contribution in [1.82, 2.24) is 5.32 Å². The summed E-state index contributed by atoms with van der Waals surface area (Å²) in [6.45, 7) is 2.31. The summed E-state index contributed by atoms with van der Waals surface area (Å²) in [6.07, 6.45) is 2.87. The molecule has 2 rings (SSSR count). The topological polar surface area (TPSA) is 75.7 Å². The number of nitrogens with one attached hydrogen (secondary N) is 1. The molecule has 0 fully saturated rings. The molecular formula is C21H28N2O4S. The van der Waals surface area contributed by atoms with Gasteiger partial charge in [0.05, 0.1) is 19.1 Å². The molecule has 1 amide bonds. The van der Waals surface area contributed by atoms with Crippen molar-refractivity contribution in [2.45, 2.75) is 19.8 Å². The van der Waals surface area contributed by atoms with E-state index in [0.717, 1.165) is 23.4 Å². The molecule has 0 radical (unpaired) electrons. The van der Waals surface area contributed by atoms with Crippen LogP contribution in [0.5, 0.6) is 5.75 Å². The Balaban J connectivity index is 2.01. The summed E-state index contributed by atoms with van der Waals surface area (Å²) >= 11 is 0. The number of nitrogens with zero attached hydrogens (tertiary/aromatic N) is 1. The van der Waals surface area contributed by atoms with Gasteiger partial charge >= 0.3 is 0 Å². The van der Waals surface area contributed by atoms with E-state index in [1.807, 2.05) is 18.2 Å². The number of carbonyl (C=O) groups is 1. The van der Waals surface area contributed by atoms with E-state index in [0.29, 0.717) is 18.0 Å². The minimum Gasteiger partial charge on any atom is -0.497 e. The second kappa shape index (κ2) is 10.1. The van der Waals surface area contributed by atoms with Gasteiger partial charge < -0.3 is 10.1 Å². The zero-order valence-corrected chi connectivity index (χ0v) is 17.4. The van der Waals surface area contributed by atoms with Gasteiger partial charge in [0.2, 0.25) is 15.9 Å². The summed E-state index contributed by atoms with van der Waals surface area (Å²) < 4.78 is 30.7. The minimum absolute atomic E-state index is 0.270. The van der Waals surface area contributed by atoms with Gasteiger partial charge in [-0.15, -0.1) is 0 Å². The van der Waals surface area contributed by atoms with Gasteiger partial charge in [-0.3, -0.25) is 9.10 Å². The number of carbonyl (C=O) groups excluding carboxylic acids is 1. The maximum Gasteiger partial charge on any atom is 0.240 e. The predicted molar refractivity (Wildman–Crippen MR) is 112 cm³/mol. The Labute approximate surface area is 167 Å². The van der Waals surface area contributed by atoms with Crippen molar-refractivity contribution in [2.75, 3.05) is 30.8 Å². The summed E-state index contributed by atoms with van der Waals surface area (Å²) in [7, 11) is -2.11. The number of sulfonamides is 1. The first-order valence-corrected chi connectivity index (χ1v) is 11.1. The normalized spacial score (nSPS) is 12.2. The molecule has 0 saturated carbocycles. The zero-order valence-electron chi connectivity index (χ0n) is 16.6. The lowest BCUT2D eigenvalue weighted by Crippen LogP contribution is -2.41. The number of anilines is 1. The van der Waals surface area contributed by atoms with Crippen molar-refractivity contribution in [2.24, 2.45) is 5.92 Å². The molecule has 7 heteroatoms. The largest absolute Gasteiger partial charge is 0.497 e. The predicted octanol–water partition coefficient (Wildman–Crippen LogP) is 2.85.